The number of hydrogen-bond donors (Lipinski definition) is 0. The smallest absolute Gasteiger partial charge is 0.443 e. The van der Waals surface area contributed by atoms with Crippen LogP contribution in [0.2, 0.25) is 0 Å². The lowest BCUT2D eigenvalue weighted by atomic mass is 9.77. The van der Waals surface area contributed by atoms with Crippen molar-refractivity contribution >= 4 is 24.6 Å². The molecule has 2 aliphatic heterocycles. The fourth-order valence-electron chi connectivity index (χ4n) is 3.71. The van der Waals surface area contributed by atoms with Crippen LogP contribution in [0.1, 0.15) is 73.8 Å². The van der Waals surface area contributed by atoms with Gasteiger partial charge >= 0.3 is 13.2 Å². The average molecular weight is 401 g/mol. The molecule has 0 aliphatic carbocycles. The summed E-state index contributed by atoms with van der Waals surface area (Å²) in [4.78, 5) is 26.5. The van der Waals surface area contributed by atoms with Crippen LogP contribution in [0.4, 0.5) is 4.79 Å². The first kappa shape index (κ1) is 21.8. The Kier molecular flexibility index (Phi) is 5.16. The Morgan fingerprint density at radius 2 is 1.55 bits per heavy atom. The SMILES string of the molecule is CC(C)(C)OC(=O)N1C(=O)CCC1(C)c1ccc(B2OC(C)(C)C(C)(C)O2)cc1. The fraction of sp³-hybridized carbons (Fsp3) is 0.636. The number of nitrogens with zero attached hydrogens (tertiary/aromatic N) is 1. The van der Waals surface area contributed by atoms with E-state index in [1.165, 1.54) is 4.90 Å². The highest BCUT2D eigenvalue weighted by Crippen LogP contribution is 2.40. The summed E-state index contributed by atoms with van der Waals surface area (Å²) in [6, 6.07) is 7.77. The molecule has 0 bridgehead atoms. The molecule has 1 aromatic rings. The zero-order valence-corrected chi connectivity index (χ0v) is 18.8. The first-order valence-corrected chi connectivity index (χ1v) is 10.2. The van der Waals surface area contributed by atoms with E-state index in [-0.39, 0.29) is 5.91 Å². The molecule has 29 heavy (non-hydrogen) atoms. The van der Waals surface area contributed by atoms with E-state index >= 15 is 0 Å². The van der Waals surface area contributed by atoms with Gasteiger partial charge in [-0.1, -0.05) is 24.3 Å². The van der Waals surface area contributed by atoms with Crippen molar-refractivity contribution in [1.29, 1.82) is 0 Å². The number of imide groups is 1. The molecular formula is C22H32BNO5. The zero-order chi connectivity index (χ0) is 21.8. The second kappa shape index (κ2) is 6.84. The molecule has 7 heteroatoms. The summed E-state index contributed by atoms with van der Waals surface area (Å²) in [7, 11) is -0.450. The van der Waals surface area contributed by atoms with Gasteiger partial charge in [-0.25, -0.2) is 9.69 Å². The highest BCUT2D eigenvalue weighted by Gasteiger charge is 2.52. The van der Waals surface area contributed by atoms with Gasteiger partial charge in [0.1, 0.15) is 5.60 Å². The maximum Gasteiger partial charge on any atom is 0.494 e. The van der Waals surface area contributed by atoms with Crippen LogP contribution in [0.5, 0.6) is 0 Å². The van der Waals surface area contributed by atoms with Crippen LogP contribution in [0, 0.1) is 0 Å². The third-order valence-corrected chi connectivity index (χ3v) is 6.20. The average Bonchev–Trinajstić information content (AvgIpc) is 2.99. The number of hydrogen-bond acceptors (Lipinski definition) is 5. The van der Waals surface area contributed by atoms with Gasteiger partial charge in [0.2, 0.25) is 5.91 Å². The first-order valence-electron chi connectivity index (χ1n) is 10.2. The Morgan fingerprint density at radius 3 is 2.03 bits per heavy atom. The molecule has 2 fully saturated rings. The van der Waals surface area contributed by atoms with E-state index in [1.54, 1.807) is 20.8 Å². The van der Waals surface area contributed by atoms with Crippen molar-refractivity contribution in [2.75, 3.05) is 0 Å². The summed E-state index contributed by atoms with van der Waals surface area (Å²) >= 11 is 0. The lowest BCUT2D eigenvalue weighted by molar-refractivity contribution is -0.130. The van der Waals surface area contributed by atoms with Gasteiger partial charge in [0.15, 0.2) is 0 Å². The second-order valence-electron chi connectivity index (χ2n) is 10.2. The van der Waals surface area contributed by atoms with E-state index in [1.807, 2.05) is 58.9 Å². The normalized spacial score (nSPS) is 26.1. The van der Waals surface area contributed by atoms with E-state index in [2.05, 4.69) is 0 Å². The Morgan fingerprint density at radius 1 is 1.03 bits per heavy atom. The number of ether oxygens (including phenoxy) is 1. The maximum atomic E-state index is 12.7. The Bertz CT molecular complexity index is 795. The van der Waals surface area contributed by atoms with E-state index in [9.17, 15) is 9.59 Å². The monoisotopic (exact) mass is 401 g/mol. The van der Waals surface area contributed by atoms with Crippen molar-refractivity contribution in [3.63, 3.8) is 0 Å². The van der Waals surface area contributed by atoms with Crippen LogP contribution in [0.15, 0.2) is 24.3 Å². The molecule has 2 saturated heterocycles. The van der Waals surface area contributed by atoms with E-state index in [4.69, 9.17) is 14.0 Å². The summed E-state index contributed by atoms with van der Waals surface area (Å²) in [5.41, 5.74) is -0.435. The number of carbonyl (C=O) groups is 2. The van der Waals surface area contributed by atoms with Gasteiger partial charge in [-0.05, 0) is 72.8 Å². The fourth-order valence-corrected chi connectivity index (χ4v) is 3.71. The third-order valence-electron chi connectivity index (χ3n) is 6.20. The quantitative estimate of drug-likeness (QED) is 0.707. The molecule has 2 aliphatic rings. The van der Waals surface area contributed by atoms with E-state index in [0.29, 0.717) is 12.8 Å². The second-order valence-corrected chi connectivity index (χ2v) is 10.2. The molecule has 3 rings (SSSR count). The van der Waals surface area contributed by atoms with Crippen molar-refractivity contribution in [3.8, 4) is 0 Å². The van der Waals surface area contributed by atoms with Gasteiger partial charge in [-0.2, -0.15) is 0 Å². The summed E-state index contributed by atoms with van der Waals surface area (Å²) in [5, 5.41) is 0. The number of carbonyl (C=O) groups excluding carboxylic acids is 2. The molecule has 1 atom stereocenters. The lowest BCUT2D eigenvalue weighted by Gasteiger charge is -2.35. The Balaban J connectivity index is 1.85. The molecular weight excluding hydrogens is 369 g/mol. The Labute approximate surface area is 174 Å². The Hall–Kier alpha value is -1.86. The van der Waals surface area contributed by atoms with Gasteiger partial charge in [0.05, 0.1) is 16.7 Å². The van der Waals surface area contributed by atoms with Crippen molar-refractivity contribution in [1.82, 2.24) is 4.90 Å². The topological polar surface area (TPSA) is 65.1 Å². The molecule has 0 aromatic heterocycles. The molecule has 2 heterocycles. The van der Waals surface area contributed by atoms with Crippen LogP contribution in [-0.2, 0) is 24.4 Å². The van der Waals surface area contributed by atoms with Gasteiger partial charge in [0.25, 0.3) is 0 Å². The third kappa shape index (κ3) is 3.95. The van der Waals surface area contributed by atoms with Crippen molar-refractivity contribution < 1.29 is 23.6 Å². The van der Waals surface area contributed by atoms with Gasteiger partial charge in [-0.3, -0.25) is 4.79 Å². The molecule has 1 unspecified atom stereocenters. The van der Waals surface area contributed by atoms with Crippen LogP contribution >= 0.6 is 0 Å². The summed E-state index contributed by atoms with van der Waals surface area (Å²) < 4.78 is 17.7. The van der Waals surface area contributed by atoms with Crippen molar-refractivity contribution in [3.05, 3.63) is 29.8 Å². The maximum absolute atomic E-state index is 12.7. The molecule has 0 spiro atoms. The van der Waals surface area contributed by atoms with Crippen LogP contribution in [0.25, 0.3) is 0 Å². The van der Waals surface area contributed by atoms with Crippen molar-refractivity contribution in [2.45, 2.75) is 90.6 Å². The number of benzene rings is 1. The predicted octanol–water partition coefficient (Wildman–Crippen LogP) is 3.76. The molecule has 0 radical (unpaired) electrons. The highest BCUT2D eigenvalue weighted by molar-refractivity contribution is 6.62. The van der Waals surface area contributed by atoms with Gasteiger partial charge in [0, 0.05) is 6.42 Å². The number of likely N-dealkylation sites (tertiary alicyclic amines) is 1. The minimum atomic E-state index is -0.742. The highest BCUT2D eigenvalue weighted by atomic mass is 16.7. The first-order chi connectivity index (χ1) is 13.2. The zero-order valence-electron chi connectivity index (χ0n) is 18.8. The largest absolute Gasteiger partial charge is 0.494 e. The number of rotatable bonds is 2. The molecule has 158 valence electrons. The van der Waals surface area contributed by atoms with Gasteiger partial charge in [-0.15, -0.1) is 0 Å². The molecule has 1 aromatic carbocycles. The van der Waals surface area contributed by atoms with Crippen LogP contribution < -0.4 is 5.46 Å². The lowest BCUT2D eigenvalue weighted by Crippen LogP contribution is -2.47. The van der Waals surface area contributed by atoms with Crippen LogP contribution in [-0.4, -0.2) is 40.8 Å². The predicted molar refractivity (Wildman–Crippen MR) is 112 cm³/mol. The molecule has 6 nitrogen and oxygen atoms in total. The summed E-state index contributed by atoms with van der Waals surface area (Å²) in [5.74, 6) is -0.211. The van der Waals surface area contributed by atoms with E-state index < -0.39 is 35.6 Å². The van der Waals surface area contributed by atoms with Crippen LogP contribution in [0.3, 0.4) is 0 Å². The number of amides is 2. The standard InChI is InChI=1S/C22H32BNO5/c1-19(2,3)27-18(26)24-17(25)13-14-22(24,8)15-9-11-16(12-10-15)23-28-20(4,5)21(6,7)29-23/h9-12H,13-14H2,1-8H3. The minimum absolute atomic E-state index is 0.211. The minimum Gasteiger partial charge on any atom is -0.443 e. The molecule has 2 amide bonds. The van der Waals surface area contributed by atoms with Crippen molar-refractivity contribution in [2.24, 2.45) is 0 Å². The molecule has 0 N–H and O–H groups in total. The molecule has 0 saturated carbocycles. The van der Waals surface area contributed by atoms with Gasteiger partial charge < -0.3 is 14.0 Å². The summed E-state index contributed by atoms with van der Waals surface area (Å²) in [6.07, 6.45) is 0.271. The summed E-state index contributed by atoms with van der Waals surface area (Å²) in [6.45, 7) is 15.4. The van der Waals surface area contributed by atoms with E-state index in [0.717, 1.165) is 11.0 Å².